The normalized spacial score (nSPS) is 27.8. The topological polar surface area (TPSA) is 93.6 Å². The van der Waals surface area contributed by atoms with Crippen LogP contribution in [-0.4, -0.2) is 26.5 Å². The highest BCUT2D eigenvalue weighted by atomic mass is 32.2. The Kier molecular flexibility index (Phi) is 2.93. The summed E-state index contributed by atoms with van der Waals surface area (Å²) in [6, 6.07) is 0.393. The van der Waals surface area contributed by atoms with Crippen molar-refractivity contribution in [1.29, 1.82) is 0 Å². The van der Waals surface area contributed by atoms with Gasteiger partial charge in [0, 0.05) is 11.3 Å². The van der Waals surface area contributed by atoms with E-state index in [1.54, 1.807) is 11.8 Å². The number of rotatable bonds is 2. The number of nitrogens with one attached hydrogen (secondary N) is 1. The number of nitrogens with two attached hydrogens (primary N) is 2. The van der Waals surface area contributed by atoms with Crippen molar-refractivity contribution in [3.05, 3.63) is 0 Å². The maximum absolute atomic E-state index is 5.83. The predicted molar refractivity (Wildman–Crippen MR) is 56.9 cm³/mol. The summed E-state index contributed by atoms with van der Waals surface area (Å²) in [6.07, 6.45) is 4.52. The molecule has 78 valence electrons. The minimum atomic E-state index is 0.389. The van der Waals surface area contributed by atoms with Gasteiger partial charge in [-0.15, -0.1) is 5.10 Å². The van der Waals surface area contributed by atoms with E-state index in [1.165, 1.54) is 0 Å². The Morgan fingerprint density at radius 3 is 2.57 bits per heavy atom. The summed E-state index contributed by atoms with van der Waals surface area (Å²) in [5.74, 6) is 0.389. The first-order valence-electron chi connectivity index (χ1n) is 4.84. The van der Waals surface area contributed by atoms with Crippen LogP contribution < -0.4 is 11.5 Å². The lowest BCUT2D eigenvalue weighted by molar-refractivity contribution is 0.450. The van der Waals surface area contributed by atoms with Crippen LogP contribution in [0.1, 0.15) is 25.7 Å². The van der Waals surface area contributed by atoms with Gasteiger partial charge in [-0.3, -0.25) is 0 Å². The molecule has 1 fully saturated rings. The number of anilines is 1. The quantitative estimate of drug-likeness (QED) is 0.674. The van der Waals surface area contributed by atoms with Gasteiger partial charge in [0.05, 0.1) is 0 Å². The molecule has 0 aliphatic heterocycles. The first-order chi connectivity index (χ1) is 6.74. The van der Waals surface area contributed by atoms with Crippen LogP contribution in [0.2, 0.25) is 0 Å². The molecule has 0 bridgehead atoms. The van der Waals surface area contributed by atoms with Crippen LogP contribution in [0.25, 0.3) is 0 Å². The van der Waals surface area contributed by atoms with Crippen molar-refractivity contribution in [3.63, 3.8) is 0 Å². The summed E-state index contributed by atoms with van der Waals surface area (Å²) in [4.78, 5) is 4.07. The van der Waals surface area contributed by atoms with Crippen LogP contribution in [0.4, 0.5) is 5.95 Å². The maximum Gasteiger partial charge on any atom is 0.216 e. The summed E-state index contributed by atoms with van der Waals surface area (Å²) in [5.41, 5.74) is 11.3. The largest absolute Gasteiger partial charge is 0.368 e. The molecule has 0 atom stereocenters. The number of aromatic nitrogens is 3. The molecule has 0 amide bonds. The highest BCUT2D eigenvalue weighted by Crippen LogP contribution is 2.31. The molecule has 0 saturated heterocycles. The van der Waals surface area contributed by atoms with E-state index in [0.29, 0.717) is 17.2 Å². The molecule has 1 aromatic heterocycles. The second-order valence-corrected chi connectivity index (χ2v) is 4.93. The molecule has 1 aromatic rings. The molecule has 2 rings (SSSR count). The zero-order chi connectivity index (χ0) is 9.97. The van der Waals surface area contributed by atoms with Gasteiger partial charge in [0.15, 0.2) is 0 Å². The standard InChI is InChI=1S/C8H15N5S/c9-5-1-3-6(4-2-5)14-8-11-7(10)12-13-8/h5-6H,1-4,9H2,(H3,10,11,12,13). The summed E-state index contributed by atoms with van der Waals surface area (Å²) in [5, 5.41) is 7.99. The smallest absolute Gasteiger partial charge is 0.216 e. The van der Waals surface area contributed by atoms with E-state index in [2.05, 4.69) is 15.2 Å². The number of hydrogen-bond acceptors (Lipinski definition) is 5. The molecule has 1 aliphatic rings. The summed E-state index contributed by atoms with van der Waals surface area (Å²) < 4.78 is 0. The van der Waals surface area contributed by atoms with Crippen LogP contribution in [0, 0.1) is 0 Å². The second kappa shape index (κ2) is 4.18. The Hall–Kier alpha value is -0.750. The Bertz CT molecular complexity index is 292. The Labute approximate surface area is 87.0 Å². The van der Waals surface area contributed by atoms with Gasteiger partial charge < -0.3 is 11.5 Å². The molecular formula is C8H15N5S. The molecule has 5 N–H and O–H groups in total. The van der Waals surface area contributed by atoms with Gasteiger partial charge in [0.25, 0.3) is 0 Å². The molecule has 1 saturated carbocycles. The lowest BCUT2D eigenvalue weighted by Crippen LogP contribution is -2.27. The van der Waals surface area contributed by atoms with Gasteiger partial charge in [0.1, 0.15) is 0 Å². The average Bonchev–Trinajstić information content (AvgIpc) is 2.56. The van der Waals surface area contributed by atoms with Gasteiger partial charge in [-0.05, 0) is 25.7 Å². The summed E-state index contributed by atoms with van der Waals surface area (Å²) in [6.45, 7) is 0. The fourth-order valence-electron chi connectivity index (χ4n) is 1.67. The second-order valence-electron chi connectivity index (χ2n) is 3.66. The molecular weight excluding hydrogens is 198 g/mol. The zero-order valence-corrected chi connectivity index (χ0v) is 8.76. The van der Waals surface area contributed by atoms with E-state index in [4.69, 9.17) is 11.5 Å². The summed E-state index contributed by atoms with van der Waals surface area (Å²) >= 11 is 1.70. The number of aromatic amines is 1. The maximum atomic E-state index is 5.83. The molecule has 0 radical (unpaired) electrons. The van der Waals surface area contributed by atoms with E-state index in [0.717, 1.165) is 30.8 Å². The van der Waals surface area contributed by atoms with E-state index < -0.39 is 0 Å². The summed E-state index contributed by atoms with van der Waals surface area (Å²) in [7, 11) is 0. The molecule has 0 unspecified atom stereocenters. The minimum Gasteiger partial charge on any atom is -0.368 e. The van der Waals surface area contributed by atoms with Crippen molar-refractivity contribution in [3.8, 4) is 0 Å². The molecule has 14 heavy (non-hydrogen) atoms. The van der Waals surface area contributed by atoms with E-state index in [-0.39, 0.29) is 0 Å². The SMILES string of the molecule is Nc1nc(SC2CCC(N)CC2)n[nH]1. The Morgan fingerprint density at radius 1 is 1.29 bits per heavy atom. The monoisotopic (exact) mass is 213 g/mol. The van der Waals surface area contributed by atoms with E-state index >= 15 is 0 Å². The molecule has 0 spiro atoms. The first kappa shape index (κ1) is 9.79. The number of thioether (sulfide) groups is 1. The molecule has 0 aromatic carbocycles. The Balaban J connectivity index is 1.86. The number of H-pyrrole nitrogens is 1. The molecule has 5 nitrogen and oxygen atoms in total. The van der Waals surface area contributed by atoms with Gasteiger partial charge in [-0.25, -0.2) is 5.10 Å². The van der Waals surface area contributed by atoms with E-state index in [9.17, 15) is 0 Å². The minimum absolute atomic E-state index is 0.389. The van der Waals surface area contributed by atoms with Crippen molar-refractivity contribution >= 4 is 17.7 Å². The fraction of sp³-hybridized carbons (Fsp3) is 0.750. The highest BCUT2D eigenvalue weighted by molar-refractivity contribution is 7.99. The van der Waals surface area contributed by atoms with Crippen molar-refractivity contribution in [1.82, 2.24) is 15.2 Å². The lowest BCUT2D eigenvalue weighted by atomic mass is 9.96. The molecule has 1 heterocycles. The van der Waals surface area contributed by atoms with Crippen molar-refractivity contribution in [2.75, 3.05) is 5.73 Å². The van der Waals surface area contributed by atoms with Gasteiger partial charge >= 0.3 is 0 Å². The third-order valence-electron chi connectivity index (χ3n) is 2.47. The third kappa shape index (κ3) is 2.39. The first-order valence-corrected chi connectivity index (χ1v) is 5.72. The van der Waals surface area contributed by atoms with Gasteiger partial charge in [0.2, 0.25) is 11.1 Å². The van der Waals surface area contributed by atoms with Crippen LogP contribution in [0.15, 0.2) is 5.16 Å². The highest BCUT2D eigenvalue weighted by Gasteiger charge is 2.20. The van der Waals surface area contributed by atoms with Crippen molar-refractivity contribution in [2.24, 2.45) is 5.73 Å². The van der Waals surface area contributed by atoms with Crippen molar-refractivity contribution in [2.45, 2.75) is 42.1 Å². The van der Waals surface area contributed by atoms with Crippen LogP contribution >= 0.6 is 11.8 Å². The van der Waals surface area contributed by atoms with E-state index in [1.807, 2.05) is 0 Å². The third-order valence-corrected chi connectivity index (χ3v) is 3.67. The molecule has 1 aliphatic carbocycles. The molecule has 6 heteroatoms. The van der Waals surface area contributed by atoms with Crippen molar-refractivity contribution < 1.29 is 0 Å². The Morgan fingerprint density at radius 2 is 2.00 bits per heavy atom. The van der Waals surface area contributed by atoms with Gasteiger partial charge in [-0.2, -0.15) is 4.98 Å². The van der Waals surface area contributed by atoms with Crippen LogP contribution in [0.3, 0.4) is 0 Å². The number of hydrogen-bond donors (Lipinski definition) is 3. The van der Waals surface area contributed by atoms with Gasteiger partial charge in [-0.1, -0.05) is 11.8 Å². The predicted octanol–water partition coefficient (Wildman–Crippen LogP) is 0.749. The van der Waals surface area contributed by atoms with Crippen LogP contribution in [-0.2, 0) is 0 Å². The number of nitrogen functional groups attached to an aromatic ring is 1. The zero-order valence-electron chi connectivity index (χ0n) is 7.94. The fourth-order valence-corrected chi connectivity index (χ4v) is 2.72. The number of nitrogens with zero attached hydrogens (tertiary/aromatic N) is 2. The lowest BCUT2D eigenvalue weighted by Gasteiger charge is -2.24. The van der Waals surface area contributed by atoms with Crippen LogP contribution in [0.5, 0.6) is 0 Å². The average molecular weight is 213 g/mol.